The van der Waals surface area contributed by atoms with Gasteiger partial charge in [0.15, 0.2) is 0 Å². The Morgan fingerprint density at radius 1 is 0.828 bits per heavy atom. The maximum Gasteiger partial charge on any atom is 0.232 e. The van der Waals surface area contributed by atoms with Crippen molar-refractivity contribution in [2.75, 3.05) is 6.61 Å². The number of hydrogen-bond donors (Lipinski definition) is 0. The number of ketones is 1. The smallest absolute Gasteiger partial charge is 0.232 e. The number of carbonyl (C=O) groups is 1. The average molecular weight is 393 g/mol. The van der Waals surface area contributed by atoms with E-state index in [1.54, 1.807) is 0 Å². The summed E-state index contributed by atoms with van der Waals surface area (Å²) in [5.74, 6) is 12.9. The average Bonchev–Trinajstić information content (AvgIpc) is 2.64. The van der Waals surface area contributed by atoms with E-state index in [9.17, 15) is 4.79 Å². The highest BCUT2D eigenvalue weighted by atomic mass is 16.5. The van der Waals surface area contributed by atoms with Gasteiger partial charge in [0, 0.05) is 16.9 Å². The fourth-order valence-corrected chi connectivity index (χ4v) is 9.53. The molecule has 0 spiro atoms. The summed E-state index contributed by atoms with van der Waals surface area (Å²) in [5.41, 5.74) is 0.299. The summed E-state index contributed by atoms with van der Waals surface area (Å²) in [6, 6.07) is 0. The van der Waals surface area contributed by atoms with Gasteiger partial charge < -0.3 is 4.74 Å². The Bertz CT molecular complexity index is 721. The molecule has 0 aromatic rings. The van der Waals surface area contributed by atoms with Gasteiger partial charge in [-0.2, -0.15) is 0 Å². The zero-order valence-electron chi connectivity index (χ0n) is 18.1. The first-order valence-electron chi connectivity index (χ1n) is 12.5. The Labute approximate surface area is 176 Å². The lowest BCUT2D eigenvalue weighted by atomic mass is 9.49. The summed E-state index contributed by atoms with van der Waals surface area (Å²) in [7, 11) is 0. The molecule has 0 N–H and O–H groups in total. The van der Waals surface area contributed by atoms with Gasteiger partial charge in [-0.3, -0.25) is 4.79 Å². The Hall–Kier alpha value is -1.23. The quantitative estimate of drug-likeness (QED) is 0.257. The van der Waals surface area contributed by atoms with Crippen LogP contribution in [0.4, 0.5) is 0 Å². The van der Waals surface area contributed by atoms with Crippen LogP contribution in [0.5, 0.6) is 0 Å². The van der Waals surface area contributed by atoms with E-state index < -0.39 is 0 Å². The normalized spacial score (nSPS) is 49.1. The van der Waals surface area contributed by atoms with Crippen molar-refractivity contribution < 1.29 is 9.53 Å². The van der Waals surface area contributed by atoms with Crippen LogP contribution in [0.1, 0.15) is 84.0 Å². The molecule has 0 amide bonds. The minimum Gasteiger partial charge on any atom is -0.497 e. The molecule has 156 valence electrons. The van der Waals surface area contributed by atoms with Crippen molar-refractivity contribution in [3.63, 3.8) is 0 Å². The van der Waals surface area contributed by atoms with Crippen LogP contribution in [-0.4, -0.2) is 12.4 Å². The van der Waals surface area contributed by atoms with Crippen molar-refractivity contribution in [1.29, 1.82) is 0 Å². The van der Waals surface area contributed by atoms with Crippen molar-refractivity contribution in [2.24, 2.45) is 46.3 Å². The van der Waals surface area contributed by atoms with Crippen LogP contribution in [-0.2, 0) is 9.53 Å². The molecule has 2 nitrogen and oxygen atoms in total. The van der Waals surface area contributed by atoms with Crippen molar-refractivity contribution >= 4 is 5.78 Å². The van der Waals surface area contributed by atoms with Crippen molar-refractivity contribution in [1.82, 2.24) is 0 Å². The second-order valence-electron chi connectivity index (χ2n) is 12.0. The number of rotatable bonds is 4. The first-order valence-corrected chi connectivity index (χ1v) is 12.5. The first kappa shape index (κ1) is 18.5. The number of allylic oxidation sites excluding steroid dienone is 2. The summed E-state index contributed by atoms with van der Waals surface area (Å²) >= 11 is 0. The molecule has 8 rings (SSSR count). The molecule has 29 heavy (non-hydrogen) atoms. The molecule has 8 aliphatic carbocycles. The number of ether oxygens (including phenoxy) is 1. The molecule has 0 aromatic heterocycles. The summed E-state index contributed by atoms with van der Waals surface area (Å²) in [5, 5.41) is 0. The van der Waals surface area contributed by atoms with E-state index in [-0.39, 0.29) is 16.6 Å². The predicted molar refractivity (Wildman–Crippen MR) is 114 cm³/mol. The third-order valence-corrected chi connectivity index (χ3v) is 9.61. The van der Waals surface area contributed by atoms with Gasteiger partial charge in [0.05, 0.1) is 6.61 Å². The minimum atomic E-state index is -0.0000548. The van der Waals surface area contributed by atoms with E-state index in [4.69, 9.17) is 4.74 Å². The van der Waals surface area contributed by atoms with Crippen LogP contribution < -0.4 is 0 Å². The SMILES string of the molecule is CCO/C(=C\C(=O)C#CC12CC3CC(CC(C3)C1)C2)C12CC3CC(CC(C3)C1)C2. The van der Waals surface area contributed by atoms with Gasteiger partial charge in [-0.25, -0.2) is 0 Å². The Morgan fingerprint density at radius 2 is 1.28 bits per heavy atom. The van der Waals surface area contributed by atoms with E-state index >= 15 is 0 Å². The van der Waals surface area contributed by atoms with Crippen molar-refractivity contribution in [3.05, 3.63) is 11.8 Å². The lowest BCUT2D eigenvalue weighted by molar-refractivity contribution is -0.110. The van der Waals surface area contributed by atoms with Gasteiger partial charge in [-0.05, 0) is 125 Å². The maximum atomic E-state index is 13.0. The second-order valence-corrected chi connectivity index (χ2v) is 12.0. The van der Waals surface area contributed by atoms with Gasteiger partial charge >= 0.3 is 0 Å². The highest BCUT2D eigenvalue weighted by Crippen LogP contribution is 2.63. The van der Waals surface area contributed by atoms with E-state index in [1.165, 1.54) is 77.0 Å². The topological polar surface area (TPSA) is 26.3 Å². The van der Waals surface area contributed by atoms with Crippen molar-refractivity contribution in [2.45, 2.75) is 84.0 Å². The Kier molecular flexibility index (Phi) is 4.24. The maximum absolute atomic E-state index is 13.0. The van der Waals surface area contributed by atoms with Crippen LogP contribution in [0.2, 0.25) is 0 Å². The van der Waals surface area contributed by atoms with E-state index in [0.717, 1.165) is 41.3 Å². The molecule has 0 radical (unpaired) electrons. The predicted octanol–water partition coefficient (Wildman–Crippen LogP) is 5.91. The number of carbonyl (C=O) groups excluding carboxylic acids is 1. The number of hydrogen-bond acceptors (Lipinski definition) is 2. The molecule has 0 aromatic carbocycles. The standard InChI is InChI=1S/C27H36O2/c1-2-29-25(27-15-21-8-22(16-27)10-23(9-21)17-27)11-24(28)3-4-26-12-18-5-19(13-26)7-20(6-18)14-26/h11,18-23H,2,5-10,12-17H2,1H3/b25-11-. The first-order chi connectivity index (χ1) is 14.0. The fourth-order valence-electron chi connectivity index (χ4n) is 9.53. The lowest BCUT2D eigenvalue weighted by Crippen LogP contribution is -2.47. The summed E-state index contributed by atoms with van der Waals surface area (Å²) < 4.78 is 6.17. The third kappa shape index (κ3) is 3.19. The molecule has 8 saturated carbocycles. The second kappa shape index (κ2) is 6.63. The lowest BCUT2D eigenvalue weighted by Gasteiger charge is -2.57. The molecule has 0 heterocycles. The van der Waals surface area contributed by atoms with Crippen LogP contribution >= 0.6 is 0 Å². The van der Waals surface area contributed by atoms with E-state index in [1.807, 2.05) is 6.08 Å². The summed E-state index contributed by atoms with van der Waals surface area (Å²) in [6.07, 6.45) is 17.8. The molecule has 0 atom stereocenters. The largest absolute Gasteiger partial charge is 0.497 e. The minimum absolute atomic E-state index is 0.0000548. The van der Waals surface area contributed by atoms with Crippen LogP contribution in [0.3, 0.4) is 0 Å². The van der Waals surface area contributed by atoms with Crippen molar-refractivity contribution in [3.8, 4) is 11.8 Å². The van der Waals surface area contributed by atoms with Gasteiger partial charge in [-0.1, -0.05) is 5.92 Å². The van der Waals surface area contributed by atoms with Gasteiger partial charge in [0.2, 0.25) is 5.78 Å². The Morgan fingerprint density at radius 3 is 1.72 bits per heavy atom. The molecule has 0 saturated heterocycles. The Balaban J connectivity index is 1.24. The summed E-state index contributed by atoms with van der Waals surface area (Å²) in [4.78, 5) is 13.0. The molecule has 0 unspecified atom stereocenters. The summed E-state index contributed by atoms with van der Waals surface area (Å²) in [6.45, 7) is 2.71. The third-order valence-electron chi connectivity index (χ3n) is 9.61. The molecule has 8 aliphatic rings. The zero-order valence-corrected chi connectivity index (χ0v) is 18.1. The van der Waals surface area contributed by atoms with Crippen LogP contribution in [0, 0.1) is 58.2 Å². The fraction of sp³-hybridized carbons (Fsp3) is 0.815. The highest BCUT2D eigenvalue weighted by molar-refractivity contribution is 6.04. The zero-order chi connectivity index (χ0) is 19.6. The molecule has 8 bridgehead atoms. The molecule has 0 aliphatic heterocycles. The van der Waals surface area contributed by atoms with E-state index in [2.05, 4.69) is 18.8 Å². The van der Waals surface area contributed by atoms with Crippen LogP contribution in [0.15, 0.2) is 11.8 Å². The molecular formula is C27H36O2. The highest BCUT2D eigenvalue weighted by Gasteiger charge is 2.54. The van der Waals surface area contributed by atoms with Gasteiger partial charge in [0.25, 0.3) is 0 Å². The van der Waals surface area contributed by atoms with Crippen LogP contribution in [0.25, 0.3) is 0 Å². The van der Waals surface area contributed by atoms with Gasteiger partial charge in [-0.15, -0.1) is 0 Å². The van der Waals surface area contributed by atoms with Gasteiger partial charge in [0.1, 0.15) is 5.76 Å². The van der Waals surface area contributed by atoms with E-state index in [0.29, 0.717) is 6.61 Å². The molecular weight excluding hydrogens is 356 g/mol. The monoisotopic (exact) mass is 392 g/mol. The molecule has 8 fully saturated rings. The molecule has 2 heteroatoms.